The van der Waals surface area contributed by atoms with Gasteiger partial charge in [0.05, 0.1) is 5.56 Å². The van der Waals surface area contributed by atoms with Crippen LogP contribution in [0.1, 0.15) is 29.7 Å². The second-order valence-corrected chi connectivity index (χ2v) is 4.58. The molecule has 1 aromatic carbocycles. The summed E-state index contributed by atoms with van der Waals surface area (Å²) in [7, 11) is 0. The molecule has 2 nitrogen and oxygen atoms in total. The molecule has 0 aliphatic rings. The normalized spacial score (nSPS) is 13.2. The fraction of sp³-hybridized carbons (Fsp3) is 0.267. The molecule has 0 aliphatic carbocycles. The Morgan fingerprint density at radius 1 is 1.15 bits per heavy atom. The van der Waals surface area contributed by atoms with Crippen molar-refractivity contribution in [2.45, 2.75) is 25.7 Å². The third-order valence-corrected chi connectivity index (χ3v) is 3.07. The summed E-state index contributed by atoms with van der Waals surface area (Å²) in [5.74, 6) is 0. The third kappa shape index (κ3) is 3.81. The van der Waals surface area contributed by atoms with Crippen LogP contribution in [0.2, 0.25) is 0 Å². The Bertz CT molecular complexity index is 535. The summed E-state index contributed by atoms with van der Waals surface area (Å²) in [5.41, 5.74) is 1.23. The highest BCUT2D eigenvalue weighted by Crippen LogP contribution is 2.29. The summed E-state index contributed by atoms with van der Waals surface area (Å²) in [6.45, 7) is 2.54. The number of hydrogen-bond donors (Lipinski definition) is 1. The molecule has 1 atom stereocenters. The molecule has 0 amide bonds. The summed E-state index contributed by atoms with van der Waals surface area (Å²) < 4.78 is 37.4. The third-order valence-electron chi connectivity index (χ3n) is 3.07. The van der Waals surface area contributed by atoms with Crippen molar-refractivity contribution in [3.63, 3.8) is 0 Å². The first-order valence-corrected chi connectivity index (χ1v) is 6.26. The van der Waals surface area contributed by atoms with E-state index in [4.69, 9.17) is 0 Å². The lowest BCUT2D eigenvalue weighted by Crippen LogP contribution is -2.18. The number of halogens is 3. The summed E-state index contributed by atoms with van der Waals surface area (Å²) in [4.78, 5) is 4.01. The zero-order valence-corrected chi connectivity index (χ0v) is 11.0. The van der Waals surface area contributed by atoms with E-state index in [0.29, 0.717) is 6.54 Å². The van der Waals surface area contributed by atoms with Gasteiger partial charge in [0.15, 0.2) is 0 Å². The van der Waals surface area contributed by atoms with Gasteiger partial charge in [0.2, 0.25) is 0 Å². The Morgan fingerprint density at radius 3 is 2.40 bits per heavy atom. The van der Waals surface area contributed by atoms with Gasteiger partial charge in [0.25, 0.3) is 0 Å². The molecule has 2 rings (SSSR count). The molecule has 20 heavy (non-hydrogen) atoms. The maximum atomic E-state index is 12.5. The highest BCUT2D eigenvalue weighted by Gasteiger charge is 2.30. The number of alkyl halides is 3. The van der Waals surface area contributed by atoms with Crippen LogP contribution in [-0.2, 0) is 12.7 Å². The quantitative estimate of drug-likeness (QED) is 0.917. The number of rotatable bonds is 4. The molecular weight excluding hydrogens is 265 g/mol. The molecule has 106 valence electrons. The van der Waals surface area contributed by atoms with Crippen LogP contribution in [-0.4, -0.2) is 4.98 Å². The zero-order valence-electron chi connectivity index (χ0n) is 11.0. The van der Waals surface area contributed by atoms with Gasteiger partial charge in [-0.1, -0.05) is 18.2 Å². The van der Waals surface area contributed by atoms with Crippen LogP contribution in [0.5, 0.6) is 0 Å². The fourth-order valence-corrected chi connectivity index (χ4v) is 1.85. The predicted molar refractivity (Wildman–Crippen MR) is 70.9 cm³/mol. The molecule has 0 spiro atoms. The largest absolute Gasteiger partial charge is 0.416 e. The molecule has 1 unspecified atom stereocenters. The summed E-state index contributed by atoms with van der Waals surface area (Å²) in [6, 6.07) is 8.99. The number of nitrogens with one attached hydrogen (secondary N) is 1. The summed E-state index contributed by atoms with van der Waals surface area (Å²) in [6.07, 6.45) is -0.833. The van der Waals surface area contributed by atoms with E-state index >= 15 is 0 Å². The lowest BCUT2D eigenvalue weighted by molar-refractivity contribution is -0.137. The van der Waals surface area contributed by atoms with Gasteiger partial charge in [-0.15, -0.1) is 0 Å². The SMILES string of the molecule is CC(NCc1cccnc1)c1ccc(C(F)(F)F)cc1. The summed E-state index contributed by atoms with van der Waals surface area (Å²) >= 11 is 0. The smallest absolute Gasteiger partial charge is 0.306 e. The first-order chi connectivity index (χ1) is 9.47. The first-order valence-electron chi connectivity index (χ1n) is 6.26. The van der Waals surface area contributed by atoms with Gasteiger partial charge in [-0.3, -0.25) is 4.98 Å². The average molecular weight is 280 g/mol. The minimum absolute atomic E-state index is 0.0301. The molecular formula is C15H15F3N2. The molecule has 0 fully saturated rings. The van der Waals surface area contributed by atoms with Crippen LogP contribution in [0, 0.1) is 0 Å². The number of hydrogen-bond acceptors (Lipinski definition) is 2. The average Bonchev–Trinajstić information content (AvgIpc) is 2.45. The maximum Gasteiger partial charge on any atom is 0.416 e. The Balaban J connectivity index is 1.97. The lowest BCUT2D eigenvalue weighted by atomic mass is 10.1. The highest BCUT2D eigenvalue weighted by molar-refractivity contribution is 5.26. The standard InChI is InChI=1S/C15H15F3N2/c1-11(20-10-12-3-2-8-19-9-12)13-4-6-14(7-5-13)15(16,17)18/h2-9,11,20H,10H2,1H3. The van der Waals surface area contributed by atoms with Crippen molar-refractivity contribution in [3.05, 3.63) is 65.5 Å². The van der Waals surface area contributed by atoms with Crippen LogP contribution < -0.4 is 5.32 Å². The lowest BCUT2D eigenvalue weighted by Gasteiger charge is -2.15. The van der Waals surface area contributed by atoms with Crippen molar-refractivity contribution in [3.8, 4) is 0 Å². The van der Waals surface area contributed by atoms with E-state index < -0.39 is 11.7 Å². The number of aromatic nitrogens is 1. The van der Waals surface area contributed by atoms with Gasteiger partial charge in [-0.25, -0.2) is 0 Å². The van der Waals surface area contributed by atoms with Crippen molar-refractivity contribution in [1.82, 2.24) is 10.3 Å². The second kappa shape index (κ2) is 6.05. The van der Waals surface area contributed by atoms with E-state index in [0.717, 1.165) is 23.3 Å². The molecule has 0 aliphatic heterocycles. The van der Waals surface area contributed by atoms with E-state index in [1.54, 1.807) is 12.4 Å². The predicted octanol–water partition coefficient (Wildman–Crippen LogP) is 3.95. The number of pyridine rings is 1. The monoisotopic (exact) mass is 280 g/mol. The highest BCUT2D eigenvalue weighted by atomic mass is 19.4. The van der Waals surface area contributed by atoms with E-state index in [2.05, 4.69) is 10.3 Å². The van der Waals surface area contributed by atoms with Gasteiger partial charge >= 0.3 is 6.18 Å². The minimum atomic E-state index is -4.29. The maximum absolute atomic E-state index is 12.5. The van der Waals surface area contributed by atoms with Gasteiger partial charge < -0.3 is 5.32 Å². The molecule has 5 heteroatoms. The van der Waals surface area contributed by atoms with Crippen molar-refractivity contribution >= 4 is 0 Å². The molecule has 0 bridgehead atoms. The van der Waals surface area contributed by atoms with Crippen LogP contribution in [0.3, 0.4) is 0 Å². The van der Waals surface area contributed by atoms with Crippen LogP contribution >= 0.6 is 0 Å². The van der Waals surface area contributed by atoms with E-state index in [9.17, 15) is 13.2 Å². The van der Waals surface area contributed by atoms with E-state index in [1.807, 2.05) is 19.1 Å². The Kier molecular flexibility index (Phi) is 4.39. The van der Waals surface area contributed by atoms with Crippen LogP contribution in [0.4, 0.5) is 13.2 Å². The molecule has 0 radical (unpaired) electrons. The van der Waals surface area contributed by atoms with E-state index in [1.165, 1.54) is 12.1 Å². The van der Waals surface area contributed by atoms with Gasteiger partial charge in [0.1, 0.15) is 0 Å². The fourth-order valence-electron chi connectivity index (χ4n) is 1.85. The molecule has 0 saturated heterocycles. The van der Waals surface area contributed by atoms with Crippen molar-refractivity contribution in [1.29, 1.82) is 0 Å². The first kappa shape index (κ1) is 14.5. The van der Waals surface area contributed by atoms with Crippen LogP contribution in [0.15, 0.2) is 48.8 Å². The molecule has 1 aromatic heterocycles. The van der Waals surface area contributed by atoms with Crippen molar-refractivity contribution in [2.24, 2.45) is 0 Å². The Morgan fingerprint density at radius 2 is 1.85 bits per heavy atom. The molecule has 1 heterocycles. The molecule has 0 saturated carbocycles. The van der Waals surface area contributed by atoms with Crippen molar-refractivity contribution < 1.29 is 13.2 Å². The van der Waals surface area contributed by atoms with Crippen molar-refractivity contribution in [2.75, 3.05) is 0 Å². The van der Waals surface area contributed by atoms with E-state index in [-0.39, 0.29) is 6.04 Å². The number of benzene rings is 1. The van der Waals surface area contributed by atoms with Gasteiger partial charge in [0, 0.05) is 25.0 Å². The number of nitrogens with zero attached hydrogens (tertiary/aromatic N) is 1. The van der Waals surface area contributed by atoms with Gasteiger partial charge in [-0.2, -0.15) is 13.2 Å². The topological polar surface area (TPSA) is 24.9 Å². The van der Waals surface area contributed by atoms with Gasteiger partial charge in [-0.05, 0) is 36.2 Å². The molecule has 1 N–H and O–H groups in total. The second-order valence-electron chi connectivity index (χ2n) is 4.58. The Hall–Kier alpha value is -1.88. The van der Waals surface area contributed by atoms with Crippen LogP contribution in [0.25, 0.3) is 0 Å². The molecule has 2 aromatic rings. The Labute approximate surface area is 115 Å². The summed E-state index contributed by atoms with van der Waals surface area (Å²) in [5, 5.41) is 3.25. The zero-order chi connectivity index (χ0) is 14.6. The minimum Gasteiger partial charge on any atom is -0.306 e.